The zero-order valence-electron chi connectivity index (χ0n) is 11.7. The Morgan fingerprint density at radius 2 is 2.10 bits per heavy atom. The zero-order valence-corrected chi connectivity index (χ0v) is 11.7. The molecule has 0 aliphatic carbocycles. The van der Waals surface area contributed by atoms with Gasteiger partial charge in [0, 0.05) is 5.56 Å². The standard InChI is InChI=1S/C15H14N2O4/c1-10-5-6-11(2)12(8-10)13(18)9-21-14-4-3-7-16-15(14)17(19)20/h3-8H,9H2,1-2H3. The number of aromatic nitrogens is 1. The molecule has 0 aliphatic heterocycles. The van der Waals surface area contributed by atoms with E-state index >= 15 is 0 Å². The molecule has 0 aliphatic rings. The molecule has 0 bridgehead atoms. The highest BCUT2D eigenvalue weighted by Crippen LogP contribution is 2.23. The van der Waals surface area contributed by atoms with Crippen molar-refractivity contribution in [2.75, 3.05) is 6.61 Å². The second-order valence-corrected chi connectivity index (χ2v) is 4.61. The summed E-state index contributed by atoms with van der Waals surface area (Å²) in [6.07, 6.45) is 1.30. The number of aryl methyl sites for hydroxylation is 2. The Labute approximate surface area is 121 Å². The normalized spacial score (nSPS) is 10.2. The number of carbonyl (C=O) groups is 1. The molecule has 2 aromatic rings. The number of hydrogen-bond donors (Lipinski definition) is 0. The molecule has 1 aromatic heterocycles. The molecule has 0 unspecified atom stereocenters. The number of ketones is 1. The molecule has 0 fully saturated rings. The van der Waals surface area contributed by atoms with Crippen LogP contribution < -0.4 is 4.74 Å². The summed E-state index contributed by atoms with van der Waals surface area (Å²) in [5.74, 6) is -0.637. The monoisotopic (exact) mass is 286 g/mol. The molecular formula is C15H14N2O4. The third-order valence-electron chi connectivity index (χ3n) is 2.98. The topological polar surface area (TPSA) is 82.3 Å². The van der Waals surface area contributed by atoms with E-state index in [-0.39, 0.29) is 18.1 Å². The predicted molar refractivity (Wildman–Crippen MR) is 76.6 cm³/mol. The van der Waals surface area contributed by atoms with Gasteiger partial charge in [-0.15, -0.1) is 0 Å². The summed E-state index contributed by atoms with van der Waals surface area (Å²) in [7, 11) is 0. The van der Waals surface area contributed by atoms with Gasteiger partial charge in [0.15, 0.2) is 12.4 Å². The Bertz CT molecular complexity index is 698. The van der Waals surface area contributed by atoms with Gasteiger partial charge in [-0.25, -0.2) is 0 Å². The number of ether oxygens (including phenoxy) is 1. The molecule has 0 N–H and O–H groups in total. The van der Waals surface area contributed by atoms with Gasteiger partial charge >= 0.3 is 5.82 Å². The second kappa shape index (κ2) is 6.13. The number of Topliss-reactive ketones (excluding diaryl/α,β-unsaturated/α-hetero) is 1. The SMILES string of the molecule is Cc1ccc(C)c(C(=O)COc2cccnc2[N+](=O)[O-])c1. The van der Waals surface area contributed by atoms with Crippen LogP contribution in [0.25, 0.3) is 0 Å². The van der Waals surface area contributed by atoms with Gasteiger partial charge < -0.3 is 14.9 Å². The van der Waals surface area contributed by atoms with Crippen molar-refractivity contribution in [3.05, 3.63) is 63.3 Å². The van der Waals surface area contributed by atoms with Crippen LogP contribution in [-0.2, 0) is 0 Å². The van der Waals surface area contributed by atoms with Gasteiger partial charge in [0.2, 0.25) is 5.75 Å². The summed E-state index contributed by atoms with van der Waals surface area (Å²) < 4.78 is 5.26. The fraction of sp³-hybridized carbons (Fsp3) is 0.200. The van der Waals surface area contributed by atoms with Crippen molar-refractivity contribution in [3.8, 4) is 5.75 Å². The summed E-state index contributed by atoms with van der Waals surface area (Å²) in [6.45, 7) is 3.46. The molecule has 1 heterocycles. The summed E-state index contributed by atoms with van der Waals surface area (Å²) in [4.78, 5) is 26.0. The first kappa shape index (κ1) is 14.6. The average molecular weight is 286 g/mol. The summed E-state index contributed by atoms with van der Waals surface area (Å²) >= 11 is 0. The molecule has 0 amide bonds. The van der Waals surface area contributed by atoms with E-state index in [0.29, 0.717) is 5.56 Å². The number of carbonyl (C=O) groups excluding carboxylic acids is 1. The van der Waals surface area contributed by atoms with Gasteiger partial charge in [0.05, 0.1) is 0 Å². The lowest BCUT2D eigenvalue weighted by molar-refractivity contribution is -0.390. The molecule has 0 atom stereocenters. The van der Waals surface area contributed by atoms with Crippen LogP contribution in [0, 0.1) is 24.0 Å². The first-order valence-electron chi connectivity index (χ1n) is 6.31. The van der Waals surface area contributed by atoms with Gasteiger partial charge in [-0.1, -0.05) is 17.7 Å². The number of benzene rings is 1. The molecular weight excluding hydrogens is 272 g/mol. The predicted octanol–water partition coefficient (Wildman–Crippen LogP) is 2.87. The summed E-state index contributed by atoms with van der Waals surface area (Å²) in [6, 6.07) is 8.49. The van der Waals surface area contributed by atoms with Gasteiger partial charge in [-0.3, -0.25) is 4.79 Å². The first-order chi connectivity index (χ1) is 9.99. The van der Waals surface area contributed by atoms with E-state index in [2.05, 4.69) is 4.98 Å². The van der Waals surface area contributed by atoms with E-state index in [4.69, 9.17) is 4.74 Å². The molecule has 0 spiro atoms. The van der Waals surface area contributed by atoms with Crippen LogP contribution in [-0.4, -0.2) is 22.3 Å². The lowest BCUT2D eigenvalue weighted by Gasteiger charge is -2.08. The van der Waals surface area contributed by atoms with Gasteiger partial charge in [0.1, 0.15) is 6.20 Å². The van der Waals surface area contributed by atoms with Crippen molar-refractivity contribution in [1.29, 1.82) is 0 Å². The molecule has 6 nitrogen and oxygen atoms in total. The highest BCUT2D eigenvalue weighted by atomic mass is 16.6. The molecule has 0 saturated heterocycles. The van der Waals surface area contributed by atoms with E-state index in [1.807, 2.05) is 26.0 Å². The van der Waals surface area contributed by atoms with Crippen LogP contribution in [0.1, 0.15) is 21.5 Å². The summed E-state index contributed by atoms with van der Waals surface area (Å²) in [5.41, 5.74) is 2.37. The third kappa shape index (κ3) is 3.42. The van der Waals surface area contributed by atoms with Crippen LogP contribution in [0.4, 0.5) is 5.82 Å². The number of hydrogen-bond acceptors (Lipinski definition) is 5. The number of nitrogens with zero attached hydrogens (tertiary/aromatic N) is 2. The van der Waals surface area contributed by atoms with Crippen molar-refractivity contribution in [3.63, 3.8) is 0 Å². The lowest BCUT2D eigenvalue weighted by Crippen LogP contribution is -2.14. The maximum atomic E-state index is 12.2. The van der Waals surface area contributed by atoms with Crippen molar-refractivity contribution in [2.45, 2.75) is 13.8 Å². The average Bonchev–Trinajstić information content (AvgIpc) is 2.47. The summed E-state index contributed by atoms with van der Waals surface area (Å²) in [5, 5.41) is 10.8. The molecule has 6 heteroatoms. The minimum Gasteiger partial charge on any atom is -0.477 e. The molecule has 21 heavy (non-hydrogen) atoms. The minimum atomic E-state index is -0.641. The van der Waals surface area contributed by atoms with Crippen molar-refractivity contribution < 1.29 is 14.5 Å². The third-order valence-corrected chi connectivity index (χ3v) is 2.98. The highest BCUT2D eigenvalue weighted by Gasteiger charge is 2.17. The van der Waals surface area contributed by atoms with E-state index in [0.717, 1.165) is 11.1 Å². The van der Waals surface area contributed by atoms with Crippen LogP contribution >= 0.6 is 0 Å². The maximum Gasteiger partial charge on any atom is 0.406 e. The van der Waals surface area contributed by atoms with Gasteiger partial charge in [-0.05, 0) is 47.5 Å². The molecule has 1 aromatic carbocycles. The van der Waals surface area contributed by atoms with Gasteiger partial charge in [-0.2, -0.15) is 0 Å². The molecule has 2 rings (SSSR count). The smallest absolute Gasteiger partial charge is 0.406 e. The van der Waals surface area contributed by atoms with Crippen molar-refractivity contribution in [1.82, 2.24) is 4.98 Å². The van der Waals surface area contributed by atoms with Gasteiger partial charge in [0.25, 0.3) is 0 Å². The molecule has 0 saturated carbocycles. The quantitative estimate of drug-likeness (QED) is 0.479. The Kier molecular flexibility index (Phi) is 4.27. The van der Waals surface area contributed by atoms with E-state index < -0.39 is 10.7 Å². The van der Waals surface area contributed by atoms with Crippen molar-refractivity contribution in [2.24, 2.45) is 0 Å². The number of rotatable bonds is 5. The fourth-order valence-corrected chi connectivity index (χ4v) is 1.89. The number of pyridine rings is 1. The maximum absolute atomic E-state index is 12.2. The van der Waals surface area contributed by atoms with Crippen LogP contribution in [0.3, 0.4) is 0 Å². The van der Waals surface area contributed by atoms with E-state index in [9.17, 15) is 14.9 Å². The van der Waals surface area contributed by atoms with Crippen LogP contribution in [0.5, 0.6) is 5.75 Å². The Hall–Kier alpha value is -2.76. The Morgan fingerprint density at radius 1 is 1.33 bits per heavy atom. The minimum absolute atomic E-state index is 0.0128. The first-order valence-corrected chi connectivity index (χ1v) is 6.31. The highest BCUT2D eigenvalue weighted by molar-refractivity contribution is 5.98. The Morgan fingerprint density at radius 3 is 2.81 bits per heavy atom. The number of nitro groups is 1. The zero-order chi connectivity index (χ0) is 15.4. The molecule has 0 radical (unpaired) electrons. The van der Waals surface area contributed by atoms with Crippen LogP contribution in [0.2, 0.25) is 0 Å². The van der Waals surface area contributed by atoms with E-state index in [1.165, 1.54) is 18.3 Å². The fourth-order valence-electron chi connectivity index (χ4n) is 1.89. The molecule has 108 valence electrons. The second-order valence-electron chi connectivity index (χ2n) is 4.61. The lowest BCUT2D eigenvalue weighted by atomic mass is 10.0. The largest absolute Gasteiger partial charge is 0.477 e. The Balaban J connectivity index is 2.15. The van der Waals surface area contributed by atoms with Crippen LogP contribution in [0.15, 0.2) is 36.5 Å². The van der Waals surface area contributed by atoms with Crippen molar-refractivity contribution >= 4 is 11.6 Å². The van der Waals surface area contributed by atoms with E-state index in [1.54, 1.807) is 6.07 Å².